The van der Waals surface area contributed by atoms with E-state index in [2.05, 4.69) is 33.8 Å². The average molecular weight is 327 g/mol. The second kappa shape index (κ2) is 5.98. The predicted octanol–water partition coefficient (Wildman–Crippen LogP) is 3.55. The molecule has 0 radical (unpaired) electrons. The molecule has 0 aliphatic carbocycles. The number of fused-ring (bicyclic) bond motifs is 1. The standard InChI is InChI=1S/C15H20F3N5/c1-3-10(2)11-6-4-5-7-22(11)13-8-12(15(16,17)18)21-14-19-9-20-23(13)14/h8-11H,3-7H2,1-2H3/t10-,11-/m1/s1. The normalized spacial score (nSPS) is 20.9. The Labute approximate surface area is 132 Å². The molecule has 8 heteroatoms. The SMILES string of the molecule is CC[C@@H](C)[C@H]1CCCCN1c1cc(C(F)(F)F)nc2ncnn12. The fourth-order valence-corrected chi connectivity index (χ4v) is 3.25. The first-order valence-corrected chi connectivity index (χ1v) is 7.96. The molecule has 0 N–H and O–H groups in total. The Hall–Kier alpha value is -1.86. The number of hydrogen-bond donors (Lipinski definition) is 0. The van der Waals surface area contributed by atoms with Crippen molar-refractivity contribution in [2.75, 3.05) is 11.4 Å². The smallest absolute Gasteiger partial charge is 0.353 e. The summed E-state index contributed by atoms with van der Waals surface area (Å²) in [5.74, 6) is 0.824. The van der Waals surface area contributed by atoms with Crippen molar-refractivity contribution in [3.05, 3.63) is 18.1 Å². The van der Waals surface area contributed by atoms with E-state index in [1.165, 1.54) is 10.8 Å². The van der Waals surface area contributed by atoms with Gasteiger partial charge in [-0.1, -0.05) is 20.3 Å². The quantitative estimate of drug-likeness (QED) is 0.865. The number of nitrogens with zero attached hydrogens (tertiary/aromatic N) is 5. The number of alkyl halides is 3. The summed E-state index contributed by atoms with van der Waals surface area (Å²) in [5, 5.41) is 4.07. The van der Waals surface area contributed by atoms with E-state index in [0.717, 1.165) is 38.3 Å². The van der Waals surface area contributed by atoms with E-state index < -0.39 is 11.9 Å². The molecular formula is C15H20F3N5. The number of aromatic nitrogens is 4. The van der Waals surface area contributed by atoms with Gasteiger partial charge in [-0.05, 0) is 25.2 Å². The summed E-state index contributed by atoms with van der Waals surface area (Å²) in [6.45, 7) is 4.98. The molecule has 0 bridgehead atoms. The summed E-state index contributed by atoms with van der Waals surface area (Å²) >= 11 is 0. The van der Waals surface area contributed by atoms with Crippen LogP contribution in [-0.4, -0.2) is 32.2 Å². The van der Waals surface area contributed by atoms with Gasteiger partial charge in [0.05, 0.1) is 0 Å². The summed E-state index contributed by atoms with van der Waals surface area (Å²) in [6, 6.07) is 1.31. The number of hydrogen-bond acceptors (Lipinski definition) is 4. The minimum absolute atomic E-state index is 0.0108. The molecule has 0 saturated carbocycles. The Morgan fingerprint density at radius 1 is 1.35 bits per heavy atom. The van der Waals surface area contributed by atoms with Crippen LogP contribution < -0.4 is 4.90 Å². The van der Waals surface area contributed by atoms with Crippen molar-refractivity contribution in [1.82, 2.24) is 19.6 Å². The molecule has 2 aromatic rings. The molecule has 0 unspecified atom stereocenters. The zero-order valence-corrected chi connectivity index (χ0v) is 13.2. The van der Waals surface area contributed by atoms with Gasteiger partial charge in [0.1, 0.15) is 12.1 Å². The molecular weight excluding hydrogens is 307 g/mol. The first-order chi connectivity index (χ1) is 10.9. The Morgan fingerprint density at radius 2 is 2.13 bits per heavy atom. The largest absolute Gasteiger partial charge is 0.433 e. The Bertz CT molecular complexity index is 681. The van der Waals surface area contributed by atoms with Crippen LogP contribution in [0.1, 0.15) is 45.2 Å². The van der Waals surface area contributed by atoms with E-state index in [9.17, 15) is 13.2 Å². The topological polar surface area (TPSA) is 46.3 Å². The second-order valence-electron chi connectivity index (χ2n) is 6.11. The molecule has 1 aliphatic rings. The lowest BCUT2D eigenvalue weighted by atomic mass is 9.90. The molecule has 5 nitrogen and oxygen atoms in total. The van der Waals surface area contributed by atoms with Gasteiger partial charge in [-0.3, -0.25) is 0 Å². The van der Waals surface area contributed by atoms with Crippen LogP contribution in [0.4, 0.5) is 19.0 Å². The van der Waals surface area contributed by atoms with Gasteiger partial charge in [-0.2, -0.15) is 27.8 Å². The van der Waals surface area contributed by atoms with Gasteiger partial charge in [-0.15, -0.1) is 0 Å². The molecule has 1 saturated heterocycles. The molecule has 2 atom stereocenters. The van der Waals surface area contributed by atoms with E-state index in [1.807, 2.05) is 0 Å². The summed E-state index contributed by atoms with van der Waals surface area (Å²) in [4.78, 5) is 9.49. The number of halogens is 3. The van der Waals surface area contributed by atoms with Crippen LogP contribution in [0, 0.1) is 5.92 Å². The van der Waals surface area contributed by atoms with Crippen molar-refractivity contribution in [1.29, 1.82) is 0 Å². The van der Waals surface area contributed by atoms with Crippen molar-refractivity contribution in [2.24, 2.45) is 5.92 Å². The van der Waals surface area contributed by atoms with Gasteiger partial charge in [0.15, 0.2) is 5.69 Å². The molecule has 0 aromatic carbocycles. The van der Waals surface area contributed by atoms with Crippen molar-refractivity contribution < 1.29 is 13.2 Å². The molecule has 0 spiro atoms. The van der Waals surface area contributed by atoms with Gasteiger partial charge in [-0.25, -0.2) is 4.98 Å². The van der Waals surface area contributed by atoms with E-state index in [4.69, 9.17) is 0 Å². The monoisotopic (exact) mass is 327 g/mol. The van der Waals surface area contributed by atoms with Gasteiger partial charge in [0.25, 0.3) is 5.78 Å². The van der Waals surface area contributed by atoms with Crippen molar-refractivity contribution in [3.8, 4) is 0 Å². The lowest BCUT2D eigenvalue weighted by Gasteiger charge is -2.40. The fourth-order valence-electron chi connectivity index (χ4n) is 3.25. The zero-order valence-electron chi connectivity index (χ0n) is 13.2. The maximum atomic E-state index is 13.2. The van der Waals surface area contributed by atoms with Crippen LogP contribution in [0.3, 0.4) is 0 Å². The second-order valence-corrected chi connectivity index (χ2v) is 6.11. The van der Waals surface area contributed by atoms with Gasteiger partial charge in [0, 0.05) is 18.7 Å². The van der Waals surface area contributed by atoms with Crippen LogP contribution in [0.5, 0.6) is 0 Å². The summed E-state index contributed by atoms with van der Waals surface area (Å²) in [7, 11) is 0. The van der Waals surface area contributed by atoms with Gasteiger partial charge >= 0.3 is 6.18 Å². The maximum Gasteiger partial charge on any atom is 0.433 e. The highest BCUT2D eigenvalue weighted by molar-refractivity contribution is 5.49. The minimum Gasteiger partial charge on any atom is -0.353 e. The molecule has 23 heavy (non-hydrogen) atoms. The first-order valence-electron chi connectivity index (χ1n) is 7.96. The zero-order chi connectivity index (χ0) is 16.6. The third-order valence-electron chi connectivity index (χ3n) is 4.67. The highest BCUT2D eigenvalue weighted by Crippen LogP contribution is 2.34. The molecule has 0 amide bonds. The number of anilines is 1. The van der Waals surface area contributed by atoms with Crippen LogP contribution >= 0.6 is 0 Å². The number of rotatable bonds is 3. The summed E-state index contributed by atoms with van der Waals surface area (Å²) < 4.78 is 40.9. The Kier molecular flexibility index (Phi) is 4.16. The highest BCUT2D eigenvalue weighted by atomic mass is 19.4. The van der Waals surface area contributed by atoms with Crippen molar-refractivity contribution in [2.45, 2.75) is 51.7 Å². The van der Waals surface area contributed by atoms with Crippen LogP contribution in [0.2, 0.25) is 0 Å². The molecule has 3 rings (SSSR count). The molecule has 2 aromatic heterocycles. The molecule has 1 aliphatic heterocycles. The third kappa shape index (κ3) is 2.98. The lowest BCUT2D eigenvalue weighted by Crippen LogP contribution is -2.44. The molecule has 3 heterocycles. The van der Waals surface area contributed by atoms with Crippen molar-refractivity contribution in [3.63, 3.8) is 0 Å². The molecule has 126 valence electrons. The predicted molar refractivity (Wildman–Crippen MR) is 80.2 cm³/mol. The van der Waals surface area contributed by atoms with E-state index in [0.29, 0.717) is 11.7 Å². The Morgan fingerprint density at radius 3 is 2.83 bits per heavy atom. The summed E-state index contributed by atoms with van der Waals surface area (Å²) in [5.41, 5.74) is -0.915. The van der Waals surface area contributed by atoms with Gasteiger partial charge < -0.3 is 4.90 Å². The third-order valence-corrected chi connectivity index (χ3v) is 4.67. The van der Waals surface area contributed by atoms with E-state index in [-0.39, 0.29) is 11.8 Å². The van der Waals surface area contributed by atoms with Crippen LogP contribution in [0.25, 0.3) is 5.78 Å². The Balaban J connectivity index is 2.11. The average Bonchev–Trinajstić information content (AvgIpc) is 3.01. The highest BCUT2D eigenvalue weighted by Gasteiger charge is 2.36. The van der Waals surface area contributed by atoms with Gasteiger partial charge in [0.2, 0.25) is 0 Å². The summed E-state index contributed by atoms with van der Waals surface area (Å²) in [6.07, 6.45) is 0.780. The van der Waals surface area contributed by atoms with E-state index in [1.54, 1.807) is 0 Å². The first kappa shape index (κ1) is 16.0. The maximum absolute atomic E-state index is 13.2. The molecule has 1 fully saturated rings. The van der Waals surface area contributed by atoms with Crippen LogP contribution in [0.15, 0.2) is 12.4 Å². The number of piperidine rings is 1. The van der Waals surface area contributed by atoms with Crippen LogP contribution in [-0.2, 0) is 6.18 Å². The lowest BCUT2D eigenvalue weighted by molar-refractivity contribution is -0.141. The minimum atomic E-state index is -4.50. The van der Waals surface area contributed by atoms with Crippen molar-refractivity contribution >= 4 is 11.6 Å². The van der Waals surface area contributed by atoms with E-state index >= 15 is 0 Å². The fraction of sp³-hybridized carbons (Fsp3) is 0.667.